The van der Waals surface area contributed by atoms with Crippen molar-refractivity contribution in [3.8, 4) is 5.75 Å². The van der Waals surface area contributed by atoms with Crippen LogP contribution in [0.5, 0.6) is 5.75 Å². The van der Waals surface area contributed by atoms with Crippen LogP contribution in [0.3, 0.4) is 0 Å². The Morgan fingerprint density at radius 2 is 2.10 bits per heavy atom. The van der Waals surface area contributed by atoms with E-state index in [1.165, 1.54) is 0 Å². The first-order valence-electron chi connectivity index (χ1n) is 5.88. The molecule has 0 aliphatic carbocycles. The van der Waals surface area contributed by atoms with Crippen LogP contribution in [-0.4, -0.2) is 17.0 Å². The lowest BCUT2D eigenvalue weighted by molar-refractivity contribution is -0.384. The molecule has 1 N–H and O–H groups in total. The lowest BCUT2D eigenvalue weighted by Gasteiger charge is -2.08. The van der Waals surface area contributed by atoms with Gasteiger partial charge >= 0.3 is 5.69 Å². The number of methoxy groups -OCH3 is 1. The SMILES string of the molecule is COc1ccc(CNc2ncc(F)c(Cl)c2[N+](=O)[O-])cc1. The number of pyridine rings is 1. The summed E-state index contributed by atoms with van der Waals surface area (Å²) in [5, 5.41) is 13.2. The average Bonchev–Trinajstić information content (AvgIpc) is 2.48. The molecule has 6 nitrogen and oxygen atoms in total. The molecule has 0 amide bonds. The largest absolute Gasteiger partial charge is 0.497 e. The molecule has 0 saturated carbocycles. The van der Waals surface area contributed by atoms with Gasteiger partial charge in [-0.25, -0.2) is 9.37 Å². The smallest absolute Gasteiger partial charge is 0.332 e. The zero-order valence-corrected chi connectivity index (χ0v) is 11.7. The maximum atomic E-state index is 13.2. The van der Waals surface area contributed by atoms with Crippen LogP contribution >= 0.6 is 11.6 Å². The Morgan fingerprint density at radius 1 is 1.43 bits per heavy atom. The zero-order chi connectivity index (χ0) is 15.4. The van der Waals surface area contributed by atoms with Crippen molar-refractivity contribution in [3.05, 3.63) is 57.0 Å². The third-order valence-corrected chi connectivity index (χ3v) is 3.11. The lowest BCUT2D eigenvalue weighted by atomic mass is 10.2. The fourth-order valence-corrected chi connectivity index (χ4v) is 1.89. The van der Waals surface area contributed by atoms with Crippen molar-refractivity contribution < 1.29 is 14.1 Å². The molecular formula is C13H11ClFN3O3. The van der Waals surface area contributed by atoms with Gasteiger partial charge in [0.15, 0.2) is 10.8 Å². The van der Waals surface area contributed by atoms with Gasteiger partial charge in [-0.05, 0) is 17.7 Å². The van der Waals surface area contributed by atoms with Gasteiger partial charge in [0.1, 0.15) is 5.75 Å². The molecule has 0 saturated heterocycles. The Balaban J connectivity index is 2.19. The van der Waals surface area contributed by atoms with Crippen LogP contribution in [0.1, 0.15) is 5.56 Å². The highest BCUT2D eigenvalue weighted by molar-refractivity contribution is 6.33. The zero-order valence-electron chi connectivity index (χ0n) is 11.0. The van der Waals surface area contributed by atoms with Crippen LogP contribution in [-0.2, 0) is 6.54 Å². The fourth-order valence-electron chi connectivity index (χ4n) is 1.68. The Labute approximate surface area is 124 Å². The molecule has 110 valence electrons. The van der Waals surface area contributed by atoms with E-state index in [-0.39, 0.29) is 12.4 Å². The van der Waals surface area contributed by atoms with Gasteiger partial charge in [-0.3, -0.25) is 10.1 Å². The standard InChI is InChI=1S/C13H11ClFN3O3/c1-21-9-4-2-8(3-5-9)6-16-13-12(18(19)20)11(14)10(15)7-17-13/h2-5,7H,6H2,1H3,(H,16,17). The van der Waals surface area contributed by atoms with E-state index in [9.17, 15) is 14.5 Å². The van der Waals surface area contributed by atoms with Crippen LogP contribution < -0.4 is 10.1 Å². The molecule has 0 atom stereocenters. The number of ether oxygens (including phenoxy) is 1. The summed E-state index contributed by atoms with van der Waals surface area (Å²) in [5.41, 5.74) is 0.275. The number of benzene rings is 1. The first kappa shape index (κ1) is 15.0. The van der Waals surface area contributed by atoms with Gasteiger partial charge in [-0.1, -0.05) is 23.7 Å². The van der Waals surface area contributed by atoms with Crippen molar-refractivity contribution in [2.45, 2.75) is 6.54 Å². The Hall–Kier alpha value is -2.41. The van der Waals surface area contributed by atoms with Crippen molar-refractivity contribution in [2.75, 3.05) is 12.4 Å². The van der Waals surface area contributed by atoms with Crippen molar-refractivity contribution >= 4 is 23.1 Å². The Bertz CT molecular complexity index is 664. The summed E-state index contributed by atoms with van der Waals surface area (Å²) in [4.78, 5) is 13.9. The number of aromatic nitrogens is 1. The number of nitro groups is 1. The third kappa shape index (κ3) is 3.38. The minimum atomic E-state index is -0.932. The predicted octanol–water partition coefficient (Wildman–Crippen LogP) is 3.40. The summed E-state index contributed by atoms with van der Waals surface area (Å²) in [7, 11) is 1.56. The second-order valence-corrected chi connectivity index (χ2v) is 4.45. The predicted molar refractivity (Wildman–Crippen MR) is 76.2 cm³/mol. The van der Waals surface area contributed by atoms with Crippen LogP contribution in [0, 0.1) is 15.9 Å². The number of anilines is 1. The maximum absolute atomic E-state index is 13.2. The Kier molecular flexibility index (Phi) is 4.54. The molecule has 2 rings (SSSR count). The molecule has 2 aromatic rings. The molecular weight excluding hydrogens is 301 g/mol. The molecule has 1 aromatic heterocycles. The highest BCUT2D eigenvalue weighted by Gasteiger charge is 2.23. The third-order valence-electron chi connectivity index (χ3n) is 2.75. The van der Waals surface area contributed by atoms with Gasteiger partial charge in [0.25, 0.3) is 0 Å². The highest BCUT2D eigenvalue weighted by atomic mass is 35.5. The van der Waals surface area contributed by atoms with E-state index >= 15 is 0 Å². The monoisotopic (exact) mass is 311 g/mol. The summed E-state index contributed by atoms with van der Waals surface area (Å²) >= 11 is 5.60. The second kappa shape index (κ2) is 6.36. The van der Waals surface area contributed by atoms with Gasteiger partial charge < -0.3 is 10.1 Å². The maximum Gasteiger partial charge on any atom is 0.332 e. The molecule has 0 aliphatic heterocycles. The van der Waals surface area contributed by atoms with Crippen LogP contribution in [0.15, 0.2) is 30.5 Å². The molecule has 21 heavy (non-hydrogen) atoms. The van der Waals surface area contributed by atoms with E-state index in [1.807, 2.05) is 0 Å². The van der Waals surface area contributed by atoms with E-state index < -0.39 is 21.5 Å². The van der Waals surface area contributed by atoms with Gasteiger partial charge in [0, 0.05) is 6.54 Å². The topological polar surface area (TPSA) is 77.3 Å². The van der Waals surface area contributed by atoms with Crippen molar-refractivity contribution in [1.29, 1.82) is 0 Å². The normalized spacial score (nSPS) is 10.2. The van der Waals surface area contributed by atoms with Gasteiger partial charge in [0.05, 0.1) is 18.2 Å². The van der Waals surface area contributed by atoms with E-state index in [4.69, 9.17) is 16.3 Å². The van der Waals surface area contributed by atoms with Gasteiger partial charge in [0.2, 0.25) is 5.82 Å². The van der Waals surface area contributed by atoms with Crippen LogP contribution in [0.2, 0.25) is 5.02 Å². The molecule has 0 radical (unpaired) electrons. The molecule has 0 fully saturated rings. The number of halogens is 2. The van der Waals surface area contributed by atoms with Gasteiger partial charge in [-0.2, -0.15) is 0 Å². The fraction of sp³-hybridized carbons (Fsp3) is 0.154. The summed E-state index contributed by atoms with van der Waals surface area (Å²) in [6.45, 7) is 0.278. The Morgan fingerprint density at radius 3 is 2.67 bits per heavy atom. The molecule has 0 spiro atoms. The summed E-state index contributed by atoms with van der Waals surface area (Å²) in [5.74, 6) is -0.312. The number of nitrogens with zero attached hydrogens (tertiary/aromatic N) is 2. The van der Waals surface area contributed by atoms with Gasteiger partial charge in [-0.15, -0.1) is 0 Å². The molecule has 8 heteroatoms. The van der Waals surface area contributed by atoms with Crippen LogP contribution in [0.4, 0.5) is 15.9 Å². The lowest BCUT2D eigenvalue weighted by Crippen LogP contribution is -2.06. The molecule has 0 bridgehead atoms. The summed E-state index contributed by atoms with van der Waals surface area (Å²) < 4.78 is 18.3. The molecule has 1 heterocycles. The number of nitrogens with one attached hydrogen (secondary N) is 1. The quantitative estimate of drug-likeness (QED) is 0.676. The second-order valence-electron chi connectivity index (χ2n) is 4.08. The summed E-state index contributed by atoms with van der Waals surface area (Å²) in [6.07, 6.45) is 0.839. The highest BCUT2D eigenvalue weighted by Crippen LogP contribution is 2.32. The summed E-state index contributed by atoms with van der Waals surface area (Å²) in [6, 6.07) is 7.11. The van der Waals surface area contributed by atoms with Crippen molar-refractivity contribution in [1.82, 2.24) is 4.98 Å². The minimum Gasteiger partial charge on any atom is -0.497 e. The number of hydrogen-bond donors (Lipinski definition) is 1. The number of hydrogen-bond acceptors (Lipinski definition) is 5. The van der Waals surface area contributed by atoms with Crippen molar-refractivity contribution in [3.63, 3.8) is 0 Å². The van der Waals surface area contributed by atoms with Crippen LogP contribution in [0.25, 0.3) is 0 Å². The average molecular weight is 312 g/mol. The minimum absolute atomic E-state index is 0.0813. The molecule has 1 aromatic carbocycles. The first-order valence-corrected chi connectivity index (χ1v) is 6.26. The molecule has 0 unspecified atom stereocenters. The number of rotatable bonds is 5. The molecule has 0 aliphatic rings. The van der Waals surface area contributed by atoms with E-state index in [0.717, 1.165) is 11.8 Å². The van der Waals surface area contributed by atoms with E-state index in [2.05, 4.69) is 10.3 Å². The first-order chi connectivity index (χ1) is 10.0. The van der Waals surface area contributed by atoms with E-state index in [0.29, 0.717) is 5.75 Å². The van der Waals surface area contributed by atoms with Crippen molar-refractivity contribution in [2.24, 2.45) is 0 Å². The van der Waals surface area contributed by atoms with E-state index in [1.54, 1.807) is 31.4 Å².